The Balaban J connectivity index is 1.40. The van der Waals surface area contributed by atoms with Crippen LogP contribution in [0.2, 0.25) is 0 Å². The van der Waals surface area contributed by atoms with Crippen molar-refractivity contribution in [1.82, 2.24) is 30.0 Å². The second-order valence-corrected chi connectivity index (χ2v) is 7.70. The molecule has 0 aromatic carbocycles. The summed E-state index contributed by atoms with van der Waals surface area (Å²) in [5.74, 6) is 1.94. The van der Waals surface area contributed by atoms with Crippen LogP contribution in [-0.4, -0.2) is 48.2 Å². The van der Waals surface area contributed by atoms with Gasteiger partial charge in [-0.2, -0.15) is 4.98 Å². The molecule has 1 aliphatic carbocycles. The number of β-amino-alcohol motifs (C(OH)–C–C–N with tert-alkyl or cyclic N) is 1. The first-order valence-electron chi connectivity index (χ1n) is 9.23. The van der Waals surface area contributed by atoms with Crippen molar-refractivity contribution in [2.45, 2.75) is 70.1 Å². The van der Waals surface area contributed by atoms with Crippen LogP contribution in [0.25, 0.3) is 0 Å². The smallest absolute Gasteiger partial charge is 0.240 e. The van der Waals surface area contributed by atoms with E-state index in [0.717, 1.165) is 25.2 Å². The van der Waals surface area contributed by atoms with Crippen molar-refractivity contribution >= 4 is 0 Å². The number of aliphatic hydroxyl groups is 1. The average molecular weight is 346 g/mol. The Hall–Kier alpha value is -1.80. The molecule has 0 bridgehead atoms. The Morgan fingerprint density at radius 2 is 2.16 bits per heavy atom. The van der Waals surface area contributed by atoms with Crippen molar-refractivity contribution < 1.29 is 9.63 Å². The second kappa shape index (κ2) is 6.49. The van der Waals surface area contributed by atoms with Gasteiger partial charge in [0.25, 0.3) is 0 Å². The summed E-state index contributed by atoms with van der Waals surface area (Å²) in [5, 5.41) is 23.4. The molecule has 1 saturated carbocycles. The van der Waals surface area contributed by atoms with Crippen LogP contribution in [0.5, 0.6) is 0 Å². The zero-order valence-corrected chi connectivity index (χ0v) is 14.9. The summed E-state index contributed by atoms with van der Waals surface area (Å²) in [6, 6.07) is 0.231. The minimum absolute atomic E-state index is 0.231. The van der Waals surface area contributed by atoms with Gasteiger partial charge in [0.15, 0.2) is 5.82 Å². The van der Waals surface area contributed by atoms with Crippen LogP contribution < -0.4 is 0 Å². The Morgan fingerprint density at radius 3 is 2.88 bits per heavy atom. The summed E-state index contributed by atoms with van der Waals surface area (Å²) in [6.07, 6.45) is 7.31. The van der Waals surface area contributed by atoms with Gasteiger partial charge in [0, 0.05) is 25.0 Å². The van der Waals surface area contributed by atoms with Crippen molar-refractivity contribution in [3.63, 3.8) is 0 Å². The lowest BCUT2D eigenvalue weighted by Crippen LogP contribution is -2.31. The van der Waals surface area contributed by atoms with Crippen LogP contribution in [-0.2, 0) is 12.1 Å². The highest BCUT2D eigenvalue weighted by Gasteiger charge is 2.40. The number of likely N-dealkylation sites (tertiary alicyclic amines) is 1. The summed E-state index contributed by atoms with van der Waals surface area (Å²) < 4.78 is 7.21. The zero-order valence-electron chi connectivity index (χ0n) is 14.9. The number of rotatable bonds is 5. The Bertz CT molecular complexity index is 720. The standard InChI is InChI=1S/C17H26N6O2/c1-12(2)23-9-14(19-21-23)17(24)7-8-22(11-17)10-15-18-16(20-25-15)13-5-3-4-6-13/h9,12-13,24H,3-8,10-11H2,1-2H3/t17-/m0/s1. The molecule has 1 aliphatic heterocycles. The van der Waals surface area contributed by atoms with E-state index < -0.39 is 5.60 Å². The van der Waals surface area contributed by atoms with Crippen molar-refractivity contribution in [3.8, 4) is 0 Å². The van der Waals surface area contributed by atoms with Crippen LogP contribution in [0.4, 0.5) is 0 Å². The number of aromatic nitrogens is 5. The van der Waals surface area contributed by atoms with Gasteiger partial charge in [-0.1, -0.05) is 23.2 Å². The highest BCUT2D eigenvalue weighted by atomic mass is 16.5. The molecule has 2 aromatic heterocycles. The van der Waals surface area contributed by atoms with Crippen molar-refractivity contribution in [2.24, 2.45) is 0 Å². The third-order valence-corrected chi connectivity index (χ3v) is 5.41. The maximum Gasteiger partial charge on any atom is 0.240 e. The van der Waals surface area contributed by atoms with E-state index in [1.165, 1.54) is 12.8 Å². The molecular weight excluding hydrogens is 320 g/mol. The molecule has 1 atom stereocenters. The largest absolute Gasteiger partial charge is 0.382 e. The Morgan fingerprint density at radius 1 is 1.36 bits per heavy atom. The molecule has 3 heterocycles. The SMILES string of the molecule is CC(C)n1cc([C@]2(O)CCN(Cc3nc(C4CCCC4)no3)C2)nn1. The van der Waals surface area contributed by atoms with E-state index in [-0.39, 0.29) is 6.04 Å². The second-order valence-electron chi connectivity index (χ2n) is 7.70. The van der Waals surface area contributed by atoms with Gasteiger partial charge in [-0.05, 0) is 33.1 Å². The van der Waals surface area contributed by atoms with Gasteiger partial charge in [-0.3, -0.25) is 4.90 Å². The van der Waals surface area contributed by atoms with Gasteiger partial charge in [0.2, 0.25) is 5.89 Å². The van der Waals surface area contributed by atoms with Gasteiger partial charge < -0.3 is 9.63 Å². The van der Waals surface area contributed by atoms with Crippen LogP contribution in [0.15, 0.2) is 10.7 Å². The predicted molar refractivity (Wildman–Crippen MR) is 89.7 cm³/mol. The van der Waals surface area contributed by atoms with Gasteiger partial charge in [0.05, 0.1) is 12.7 Å². The highest BCUT2D eigenvalue weighted by Crippen LogP contribution is 2.33. The molecular formula is C17H26N6O2. The molecule has 0 radical (unpaired) electrons. The third-order valence-electron chi connectivity index (χ3n) is 5.41. The van der Waals surface area contributed by atoms with Crippen LogP contribution in [0.3, 0.4) is 0 Å². The van der Waals surface area contributed by atoms with E-state index in [1.54, 1.807) is 4.68 Å². The topological polar surface area (TPSA) is 93.1 Å². The average Bonchev–Trinajstić information content (AvgIpc) is 3.35. The number of hydrogen-bond donors (Lipinski definition) is 1. The van der Waals surface area contributed by atoms with Gasteiger partial charge >= 0.3 is 0 Å². The lowest BCUT2D eigenvalue weighted by Gasteiger charge is -2.20. The van der Waals surface area contributed by atoms with Gasteiger partial charge in [-0.15, -0.1) is 5.10 Å². The Kier molecular flexibility index (Phi) is 4.33. The molecule has 1 N–H and O–H groups in total. The lowest BCUT2D eigenvalue weighted by atomic mass is 10.00. The molecule has 0 amide bonds. The molecule has 2 fully saturated rings. The first-order valence-corrected chi connectivity index (χ1v) is 9.23. The molecule has 1 saturated heterocycles. The fourth-order valence-corrected chi connectivity index (χ4v) is 3.83. The van der Waals surface area contributed by atoms with E-state index in [0.29, 0.717) is 37.0 Å². The minimum Gasteiger partial charge on any atom is -0.382 e. The molecule has 4 rings (SSSR count). The summed E-state index contributed by atoms with van der Waals surface area (Å²) in [5.41, 5.74) is -0.317. The van der Waals surface area contributed by atoms with Crippen LogP contribution in [0, 0.1) is 0 Å². The summed E-state index contributed by atoms with van der Waals surface area (Å²) in [7, 11) is 0. The zero-order chi connectivity index (χ0) is 17.4. The Labute approximate surface area is 147 Å². The molecule has 8 nitrogen and oxygen atoms in total. The fraction of sp³-hybridized carbons (Fsp3) is 0.765. The molecule has 8 heteroatoms. The van der Waals surface area contributed by atoms with Crippen molar-refractivity contribution in [1.29, 1.82) is 0 Å². The quantitative estimate of drug-likeness (QED) is 0.885. The highest BCUT2D eigenvalue weighted by molar-refractivity contribution is 5.11. The molecule has 2 aromatic rings. The number of nitrogens with zero attached hydrogens (tertiary/aromatic N) is 6. The van der Waals surface area contributed by atoms with Crippen LogP contribution >= 0.6 is 0 Å². The van der Waals surface area contributed by atoms with Crippen LogP contribution in [0.1, 0.15) is 75.3 Å². The molecule has 0 unspecified atom stereocenters. The first-order chi connectivity index (χ1) is 12.0. The minimum atomic E-state index is -0.957. The maximum absolute atomic E-state index is 11.0. The summed E-state index contributed by atoms with van der Waals surface area (Å²) in [6.45, 7) is 5.93. The van der Waals surface area contributed by atoms with Crippen molar-refractivity contribution in [2.75, 3.05) is 13.1 Å². The van der Waals surface area contributed by atoms with Gasteiger partial charge in [-0.25, -0.2) is 4.68 Å². The number of hydrogen-bond acceptors (Lipinski definition) is 7. The van der Waals surface area contributed by atoms with E-state index in [1.807, 2.05) is 20.0 Å². The molecule has 2 aliphatic rings. The molecule has 25 heavy (non-hydrogen) atoms. The summed E-state index contributed by atoms with van der Waals surface area (Å²) >= 11 is 0. The first kappa shape index (κ1) is 16.7. The monoisotopic (exact) mass is 346 g/mol. The summed E-state index contributed by atoms with van der Waals surface area (Å²) in [4.78, 5) is 6.71. The predicted octanol–water partition coefficient (Wildman–Crippen LogP) is 1.99. The third kappa shape index (κ3) is 3.32. The molecule has 0 spiro atoms. The normalized spacial score (nSPS) is 25.4. The van der Waals surface area contributed by atoms with Gasteiger partial charge in [0.1, 0.15) is 11.3 Å². The van der Waals surface area contributed by atoms with E-state index in [9.17, 15) is 5.11 Å². The fourth-order valence-electron chi connectivity index (χ4n) is 3.83. The van der Waals surface area contributed by atoms with E-state index in [2.05, 4.69) is 25.4 Å². The lowest BCUT2D eigenvalue weighted by molar-refractivity contribution is 0.0397. The van der Waals surface area contributed by atoms with E-state index in [4.69, 9.17) is 4.52 Å². The maximum atomic E-state index is 11.0. The molecule has 136 valence electrons. The van der Waals surface area contributed by atoms with E-state index >= 15 is 0 Å². The van der Waals surface area contributed by atoms with Crippen molar-refractivity contribution in [3.05, 3.63) is 23.6 Å².